The van der Waals surface area contributed by atoms with Crippen LogP contribution >= 0.6 is 0 Å². The Morgan fingerprint density at radius 2 is 1.75 bits per heavy atom. The molecule has 1 unspecified atom stereocenters. The summed E-state index contributed by atoms with van der Waals surface area (Å²) in [5, 5.41) is 11.5. The molecular weight excluding hydrogens is 350 g/mol. The van der Waals surface area contributed by atoms with Crippen molar-refractivity contribution in [2.24, 2.45) is 28.6 Å². The maximum Gasteiger partial charge on any atom is 0.103 e. The Balaban J connectivity index is 1.21. The van der Waals surface area contributed by atoms with E-state index in [0.29, 0.717) is 35.7 Å². The molecule has 0 bridgehead atoms. The second-order valence-electron chi connectivity index (χ2n) is 12.0. The summed E-state index contributed by atoms with van der Waals surface area (Å²) in [5.41, 5.74) is 0.554. The average molecular weight is 388 g/mol. The Morgan fingerprint density at radius 3 is 2.57 bits per heavy atom. The van der Waals surface area contributed by atoms with Crippen LogP contribution < -0.4 is 0 Å². The van der Waals surface area contributed by atoms with Gasteiger partial charge in [-0.25, -0.2) is 0 Å². The molecule has 0 aromatic heterocycles. The molecule has 11 atom stereocenters. The van der Waals surface area contributed by atoms with Crippen LogP contribution in [-0.4, -0.2) is 59.2 Å². The average Bonchev–Trinajstić information content (AvgIpc) is 3.57. The summed E-state index contributed by atoms with van der Waals surface area (Å²) in [6, 6.07) is 0.399. The van der Waals surface area contributed by atoms with E-state index < -0.39 is 0 Å². The van der Waals surface area contributed by atoms with Crippen molar-refractivity contribution in [3.63, 3.8) is 0 Å². The number of hydrogen-bond acceptors (Lipinski definition) is 4. The lowest BCUT2D eigenvalue weighted by molar-refractivity contribution is -0.107. The summed E-state index contributed by atoms with van der Waals surface area (Å²) in [4.78, 5) is 2.65. The van der Waals surface area contributed by atoms with Gasteiger partial charge in [-0.2, -0.15) is 0 Å². The molecule has 4 nitrogen and oxygen atoms in total. The highest BCUT2D eigenvalue weighted by Gasteiger charge is 2.79. The highest BCUT2D eigenvalue weighted by Crippen LogP contribution is 2.75. The first-order valence-corrected chi connectivity index (χ1v) is 12.2. The van der Waals surface area contributed by atoms with Crippen LogP contribution in [0.4, 0.5) is 0 Å². The summed E-state index contributed by atoms with van der Waals surface area (Å²) >= 11 is 0. The Hall–Kier alpha value is -0.160. The summed E-state index contributed by atoms with van der Waals surface area (Å²) in [7, 11) is 0. The van der Waals surface area contributed by atoms with Crippen molar-refractivity contribution in [2.45, 2.75) is 108 Å². The molecule has 28 heavy (non-hydrogen) atoms. The van der Waals surface area contributed by atoms with E-state index in [1.54, 1.807) is 0 Å². The zero-order valence-electron chi connectivity index (χ0n) is 17.6. The molecule has 1 spiro atoms. The topological polar surface area (TPSA) is 48.5 Å². The van der Waals surface area contributed by atoms with E-state index >= 15 is 0 Å². The number of ether oxygens (including phenoxy) is 2. The van der Waals surface area contributed by atoms with E-state index in [1.165, 1.54) is 64.5 Å². The molecule has 0 amide bonds. The number of aliphatic hydroxyl groups is 1. The van der Waals surface area contributed by atoms with Crippen molar-refractivity contribution in [3.8, 4) is 0 Å². The number of fused-ring (bicyclic) bond motifs is 5. The molecule has 4 aliphatic carbocycles. The van der Waals surface area contributed by atoms with E-state index in [0.717, 1.165) is 18.3 Å². The highest BCUT2D eigenvalue weighted by molar-refractivity contribution is 5.27. The third-order valence-corrected chi connectivity index (χ3v) is 11.2. The monoisotopic (exact) mass is 387 g/mol. The van der Waals surface area contributed by atoms with E-state index in [9.17, 15) is 5.11 Å². The molecule has 4 saturated carbocycles. The van der Waals surface area contributed by atoms with Crippen LogP contribution in [0.2, 0.25) is 0 Å². The fraction of sp³-hybridized carbons (Fsp3) is 1.00. The predicted molar refractivity (Wildman–Crippen MR) is 106 cm³/mol. The van der Waals surface area contributed by atoms with Crippen LogP contribution in [0.15, 0.2) is 0 Å². The normalized spacial score (nSPS) is 64.8. The molecule has 0 aromatic rings. The minimum atomic E-state index is -0.140. The molecule has 7 fully saturated rings. The number of aliphatic hydroxyl groups excluding tert-OH is 1. The van der Waals surface area contributed by atoms with Crippen molar-refractivity contribution in [1.29, 1.82) is 0 Å². The van der Waals surface area contributed by atoms with Crippen LogP contribution in [0, 0.1) is 28.6 Å². The Kier molecular flexibility index (Phi) is 3.35. The van der Waals surface area contributed by atoms with Gasteiger partial charge in [0.2, 0.25) is 0 Å². The zero-order valence-corrected chi connectivity index (χ0v) is 17.6. The van der Waals surface area contributed by atoms with Gasteiger partial charge in [0.25, 0.3) is 0 Å². The van der Waals surface area contributed by atoms with Crippen LogP contribution in [-0.2, 0) is 9.47 Å². The van der Waals surface area contributed by atoms with Gasteiger partial charge in [0.05, 0.1) is 24.4 Å². The lowest BCUT2D eigenvalue weighted by Gasteiger charge is -2.57. The molecular formula is C24H37NO3. The quantitative estimate of drug-likeness (QED) is 0.701. The number of piperidine rings is 1. The lowest BCUT2D eigenvalue weighted by atomic mass is 9.45. The van der Waals surface area contributed by atoms with Crippen molar-refractivity contribution in [1.82, 2.24) is 4.90 Å². The van der Waals surface area contributed by atoms with E-state index in [4.69, 9.17) is 9.47 Å². The Bertz CT molecular complexity index is 693. The second-order valence-corrected chi connectivity index (χ2v) is 12.0. The summed E-state index contributed by atoms with van der Waals surface area (Å²) in [5.74, 6) is 2.18. The van der Waals surface area contributed by atoms with Crippen molar-refractivity contribution < 1.29 is 14.6 Å². The SMILES string of the molecule is C[C@]12CC[C@H]3[C@@H](C[C@@H]4O[C@@]45C[C@H]4OC4C[C@]35C)[C@@H]1C[C@H](N1CCCCC1)[C@@H]2O. The largest absolute Gasteiger partial charge is 0.391 e. The summed E-state index contributed by atoms with van der Waals surface area (Å²) < 4.78 is 12.6. The van der Waals surface area contributed by atoms with E-state index in [1.807, 2.05) is 0 Å². The van der Waals surface area contributed by atoms with Crippen molar-refractivity contribution >= 4 is 0 Å². The summed E-state index contributed by atoms with van der Waals surface area (Å²) in [6.07, 6.45) is 12.7. The van der Waals surface area contributed by atoms with Gasteiger partial charge in [-0.05, 0) is 81.2 Å². The first-order chi connectivity index (χ1) is 13.5. The standard InChI is InChI=1S/C24H37NO3/c1-22-7-6-15-14(16(22)11-17(21(22)26)25-8-4-3-5-9-25)10-20-24(28-20)13-19-18(27-19)12-23(15,24)2/h14-21,26H,3-13H2,1-2H3/t14-,15+,16+,17+,18?,19-,20+,21+,22+,23-,24+/m1/s1. The minimum Gasteiger partial charge on any atom is -0.391 e. The molecule has 4 heteroatoms. The molecule has 7 aliphatic rings. The van der Waals surface area contributed by atoms with Crippen molar-refractivity contribution in [3.05, 3.63) is 0 Å². The minimum absolute atomic E-state index is 0.113. The lowest BCUT2D eigenvalue weighted by Crippen LogP contribution is -2.58. The van der Waals surface area contributed by atoms with E-state index in [-0.39, 0.29) is 17.1 Å². The highest BCUT2D eigenvalue weighted by atomic mass is 16.6. The van der Waals surface area contributed by atoms with Gasteiger partial charge in [0.1, 0.15) is 5.60 Å². The van der Waals surface area contributed by atoms with Gasteiger partial charge >= 0.3 is 0 Å². The third kappa shape index (κ3) is 1.98. The first-order valence-electron chi connectivity index (χ1n) is 12.2. The van der Waals surface area contributed by atoms with Gasteiger partial charge < -0.3 is 14.6 Å². The number of rotatable bonds is 1. The Morgan fingerprint density at radius 1 is 0.964 bits per heavy atom. The maximum atomic E-state index is 11.5. The van der Waals surface area contributed by atoms with Crippen LogP contribution in [0.5, 0.6) is 0 Å². The zero-order chi connectivity index (χ0) is 18.9. The predicted octanol–water partition coefficient (Wildman–Crippen LogP) is 3.36. The third-order valence-electron chi connectivity index (χ3n) is 11.2. The molecule has 1 N–H and O–H groups in total. The number of nitrogens with zero attached hydrogens (tertiary/aromatic N) is 1. The fourth-order valence-electron chi connectivity index (χ4n) is 9.51. The van der Waals surface area contributed by atoms with Gasteiger partial charge in [-0.15, -0.1) is 0 Å². The van der Waals surface area contributed by atoms with Crippen LogP contribution in [0.3, 0.4) is 0 Å². The van der Waals surface area contributed by atoms with Gasteiger partial charge in [-0.3, -0.25) is 4.90 Å². The molecule has 156 valence electrons. The molecule has 3 aliphatic heterocycles. The van der Waals surface area contributed by atoms with Crippen molar-refractivity contribution in [2.75, 3.05) is 13.1 Å². The van der Waals surface area contributed by atoms with Crippen LogP contribution in [0.1, 0.15) is 71.6 Å². The molecule has 7 rings (SSSR count). The number of hydrogen-bond donors (Lipinski definition) is 1. The van der Waals surface area contributed by atoms with Crippen LogP contribution in [0.25, 0.3) is 0 Å². The molecule has 0 aromatic carbocycles. The van der Waals surface area contributed by atoms with E-state index in [2.05, 4.69) is 18.7 Å². The molecule has 0 radical (unpaired) electrons. The van der Waals surface area contributed by atoms with Gasteiger partial charge in [0, 0.05) is 17.9 Å². The smallest absolute Gasteiger partial charge is 0.103 e. The first kappa shape index (κ1) is 17.5. The number of likely N-dealkylation sites (tertiary alicyclic amines) is 1. The maximum absolute atomic E-state index is 11.5. The number of epoxide rings is 2. The van der Waals surface area contributed by atoms with Gasteiger partial charge in [0.15, 0.2) is 0 Å². The summed E-state index contributed by atoms with van der Waals surface area (Å²) in [6.45, 7) is 7.39. The molecule has 3 heterocycles. The Labute approximate surface area is 169 Å². The van der Waals surface area contributed by atoms with Gasteiger partial charge in [-0.1, -0.05) is 20.3 Å². The second kappa shape index (κ2) is 5.36. The fourth-order valence-corrected chi connectivity index (χ4v) is 9.51. The molecule has 3 saturated heterocycles.